The van der Waals surface area contributed by atoms with E-state index in [2.05, 4.69) is 70.9 Å². The van der Waals surface area contributed by atoms with Crippen LogP contribution in [-0.2, 0) is 4.79 Å². The number of aromatic nitrogens is 2. The molecular weight excluding hydrogens is 436 g/mol. The topological polar surface area (TPSA) is 82.2 Å². The van der Waals surface area contributed by atoms with Gasteiger partial charge in [0.15, 0.2) is 0 Å². The summed E-state index contributed by atoms with van der Waals surface area (Å²) in [6, 6.07) is 8.50. The number of carbonyl (C=O) groups excluding carboxylic acids is 1. The fourth-order valence-electron chi connectivity index (χ4n) is 5.16. The van der Waals surface area contributed by atoms with Gasteiger partial charge in [-0.1, -0.05) is 40.0 Å². The van der Waals surface area contributed by atoms with Gasteiger partial charge in [-0.05, 0) is 49.1 Å². The van der Waals surface area contributed by atoms with Gasteiger partial charge in [-0.15, -0.1) is 0 Å². The third-order valence-electron chi connectivity index (χ3n) is 7.30. The second-order valence-electron chi connectivity index (χ2n) is 9.61. The molecule has 4 rings (SSSR count). The molecule has 7 nitrogen and oxygen atoms in total. The second-order valence-corrected chi connectivity index (χ2v) is 9.61. The van der Waals surface area contributed by atoms with Crippen molar-refractivity contribution in [1.29, 1.82) is 0 Å². The number of benzene rings is 1. The van der Waals surface area contributed by atoms with Crippen molar-refractivity contribution in [3.8, 4) is 0 Å². The van der Waals surface area contributed by atoms with Crippen molar-refractivity contribution in [2.75, 3.05) is 42.9 Å². The van der Waals surface area contributed by atoms with Gasteiger partial charge in [-0.25, -0.2) is 9.97 Å². The highest BCUT2D eigenvalue weighted by atomic mass is 16.1. The fourth-order valence-corrected chi connectivity index (χ4v) is 5.16. The number of anilines is 3. The first kappa shape index (κ1) is 25.2. The van der Waals surface area contributed by atoms with Crippen molar-refractivity contribution in [3.05, 3.63) is 47.3 Å². The lowest BCUT2D eigenvalue weighted by Gasteiger charge is -2.30. The summed E-state index contributed by atoms with van der Waals surface area (Å²) in [4.78, 5) is 24.8. The molecule has 1 aliphatic carbocycles. The molecule has 1 atom stereocenters. The molecule has 1 aliphatic heterocycles. The first-order valence-corrected chi connectivity index (χ1v) is 13.3. The van der Waals surface area contributed by atoms with E-state index in [1.54, 1.807) is 0 Å². The van der Waals surface area contributed by atoms with Crippen molar-refractivity contribution in [1.82, 2.24) is 20.6 Å². The van der Waals surface area contributed by atoms with Crippen molar-refractivity contribution in [2.45, 2.75) is 58.8 Å². The molecule has 2 aromatic rings. The molecule has 0 radical (unpaired) electrons. The van der Waals surface area contributed by atoms with Crippen LogP contribution in [-0.4, -0.2) is 48.6 Å². The highest BCUT2D eigenvalue weighted by molar-refractivity contribution is 5.98. The average molecular weight is 477 g/mol. The van der Waals surface area contributed by atoms with E-state index >= 15 is 0 Å². The number of carbonyl (C=O) groups is 1. The summed E-state index contributed by atoms with van der Waals surface area (Å²) >= 11 is 0. The van der Waals surface area contributed by atoms with Gasteiger partial charge in [0.05, 0.1) is 5.69 Å². The van der Waals surface area contributed by atoms with E-state index in [-0.39, 0.29) is 11.8 Å². The van der Waals surface area contributed by atoms with Crippen LogP contribution in [0.2, 0.25) is 0 Å². The van der Waals surface area contributed by atoms with Crippen LogP contribution >= 0.6 is 0 Å². The van der Waals surface area contributed by atoms with Gasteiger partial charge in [-0.3, -0.25) is 4.79 Å². The van der Waals surface area contributed by atoms with Gasteiger partial charge in [0.25, 0.3) is 0 Å². The summed E-state index contributed by atoms with van der Waals surface area (Å²) in [5.74, 6) is 1.35. The fraction of sp³-hybridized carbons (Fsp3) is 0.536. The highest BCUT2D eigenvalue weighted by Crippen LogP contribution is 2.40. The van der Waals surface area contributed by atoms with E-state index in [0.717, 1.165) is 87.3 Å². The minimum atomic E-state index is 0.0480. The maximum absolute atomic E-state index is 12.8. The summed E-state index contributed by atoms with van der Waals surface area (Å²) < 4.78 is 0. The maximum atomic E-state index is 12.8. The van der Waals surface area contributed by atoms with Crippen LogP contribution in [0.15, 0.2) is 36.0 Å². The monoisotopic (exact) mass is 476 g/mol. The summed E-state index contributed by atoms with van der Waals surface area (Å²) in [7, 11) is 0. The van der Waals surface area contributed by atoms with Gasteiger partial charge in [-0.2, -0.15) is 0 Å². The van der Waals surface area contributed by atoms with Crippen LogP contribution in [0.4, 0.5) is 17.3 Å². The summed E-state index contributed by atoms with van der Waals surface area (Å²) in [6.07, 6.45) is 8.78. The zero-order valence-electron chi connectivity index (χ0n) is 21.4. The minimum Gasteiger partial charge on any atom is -0.369 e. The van der Waals surface area contributed by atoms with Crippen LogP contribution in [0.25, 0.3) is 6.08 Å². The third-order valence-corrected chi connectivity index (χ3v) is 7.30. The van der Waals surface area contributed by atoms with E-state index in [4.69, 9.17) is 4.98 Å². The van der Waals surface area contributed by atoms with Crippen molar-refractivity contribution in [3.63, 3.8) is 0 Å². The summed E-state index contributed by atoms with van der Waals surface area (Å²) in [5, 5.41) is 9.88. The molecule has 188 valence electrons. The number of amides is 1. The molecule has 0 spiro atoms. The Hall–Kier alpha value is -2.93. The lowest BCUT2D eigenvalue weighted by molar-refractivity contribution is -0.117. The van der Waals surface area contributed by atoms with Gasteiger partial charge >= 0.3 is 0 Å². The Morgan fingerprint density at radius 1 is 1.14 bits per heavy atom. The number of fused-ring (bicyclic) bond motifs is 1. The zero-order valence-corrected chi connectivity index (χ0v) is 21.4. The molecule has 1 unspecified atom stereocenters. The van der Waals surface area contributed by atoms with Crippen LogP contribution in [0.1, 0.15) is 70.1 Å². The quantitative estimate of drug-likeness (QED) is 0.425. The Balaban J connectivity index is 1.53. The van der Waals surface area contributed by atoms with Crippen LogP contribution < -0.4 is 20.9 Å². The molecule has 1 saturated heterocycles. The number of hydrogen-bond acceptors (Lipinski definition) is 6. The number of rotatable bonds is 10. The molecule has 1 amide bonds. The van der Waals surface area contributed by atoms with E-state index in [1.165, 1.54) is 5.69 Å². The first-order valence-electron chi connectivity index (χ1n) is 13.3. The molecular formula is C28H40N6O. The van der Waals surface area contributed by atoms with Crippen LogP contribution in [0, 0.1) is 5.92 Å². The van der Waals surface area contributed by atoms with E-state index in [9.17, 15) is 4.79 Å². The molecule has 1 aromatic heterocycles. The molecule has 0 saturated carbocycles. The van der Waals surface area contributed by atoms with Gasteiger partial charge in [0.1, 0.15) is 0 Å². The normalized spacial score (nSPS) is 17.7. The number of unbranched alkanes of at least 4 members (excludes halogenated alkanes) is 1. The smallest absolute Gasteiger partial charge is 0.247 e. The molecule has 1 fully saturated rings. The molecule has 7 heteroatoms. The lowest BCUT2D eigenvalue weighted by Crippen LogP contribution is -2.43. The predicted molar refractivity (Wildman–Crippen MR) is 144 cm³/mol. The van der Waals surface area contributed by atoms with E-state index in [1.807, 2.05) is 12.3 Å². The Bertz CT molecular complexity index is 1010. The zero-order chi connectivity index (χ0) is 24.6. The minimum absolute atomic E-state index is 0.0480. The average Bonchev–Trinajstić information content (AvgIpc) is 2.90. The Kier molecular flexibility index (Phi) is 8.74. The SMILES string of the molecule is CCCCNC(=O)C1=Cc2cnc(Nc3ccc(N4CCNCC4)cc3)nc2C(C(CC)CC)C1. The maximum Gasteiger partial charge on any atom is 0.247 e. The number of hydrogen-bond donors (Lipinski definition) is 3. The third kappa shape index (κ3) is 6.20. The number of nitrogens with zero attached hydrogens (tertiary/aromatic N) is 3. The van der Waals surface area contributed by atoms with Crippen LogP contribution in [0.5, 0.6) is 0 Å². The van der Waals surface area contributed by atoms with Gasteiger partial charge < -0.3 is 20.9 Å². The molecule has 0 bridgehead atoms. The number of nitrogens with one attached hydrogen (secondary N) is 3. The molecule has 3 N–H and O–H groups in total. The van der Waals surface area contributed by atoms with Gasteiger partial charge in [0.2, 0.25) is 11.9 Å². The predicted octanol–water partition coefficient (Wildman–Crippen LogP) is 4.85. The first-order chi connectivity index (χ1) is 17.1. The van der Waals surface area contributed by atoms with Crippen molar-refractivity contribution < 1.29 is 4.79 Å². The Labute approximate surface area is 209 Å². The second kappa shape index (κ2) is 12.2. The summed E-state index contributed by atoms with van der Waals surface area (Å²) in [6.45, 7) is 11.4. The number of piperazine rings is 1. The standard InChI is InChI=1S/C28H40N6O/c1-4-7-12-30-27(35)21-17-22-19-31-28(33-26(22)25(18-21)20(5-2)6-3)32-23-8-10-24(11-9-23)34-15-13-29-14-16-34/h8-11,17,19-20,25,29H,4-7,12-16,18H2,1-3H3,(H,30,35)(H,31,32,33). The molecule has 1 aromatic carbocycles. The van der Waals surface area contributed by atoms with Gasteiger partial charge in [0, 0.05) is 67.3 Å². The lowest BCUT2D eigenvalue weighted by atomic mass is 9.76. The van der Waals surface area contributed by atoms with E-state index < -0.39 is 0 Å². The Morgan fingerprint density at radius 2 is 1.89 bits per heavy atom. The highest BCUT2D eigenvalue weighted by Gasteiger charge is 2.31. The summed E-state index contributed by atoms with van der Waals surface area (Å²) in [5.41, 5.74) is 5.09. The molecule has 2 aliphatic rings. The van der Waals surface area contributed by atoms with E-state index in [0.29, 0.717) is 11.9 Å². The molecule has 2 heterocycles. The van der Waals surface area contributed by atoms with Crippen molar-refractivity contribution in [2.24, 2.45) is 5.92 Å². The van der Waals surface area contributed by atoms with Crippen LogP contribution in [0.3, 0.4) is 0 Å². The largest absolute Gasteiger partial charge is 0.369 e. The van der Waals surface area contributed by atoms with Crippen molar-refractivity contribution >= 4 is 29.3 Å². The molecule has 35 heavy (non-hydrogen) atoms. The Morgan fingerprint density at radius 3 is 2.57 bits per heavy atom.